The van der Waals surface area contributed by atoms with Crippen LogP contribution in [0.5, 0.6) is 0 Å². The first kappa shape index (κ1) is 56.6. The zero-order valence-corrected chi connectivity index (χ0v) is 38.1. The molecule has 0 amide bonds. The van der Waals surface area contributed by atoms with Crippen LogP contribution in [0.15, 0.2) is 60.8 Å². The molecule has 1 aliphatic carbocycles. The molecular weight excluding hydrogens is 803 g/mol. The van der Waals surface area contributed by atoms with Crippen molar-refractivity contribution in [3.63, 3.8) is 0 Å². The van der Waals surface area contributed by atoms with Crippen molar-refractivity contribution in [1.29, 1.82) is 0 Å². The summed E-state index contributed by atoms with van der Waals surface area (Å²) in [6.07, 6.45) is 31.6. The molecule has 352 valence electrons. The van der Waals surface area contributed by atoms with E-state index in [0.29, 0.717) is 19.3 Å². The first-order valence-corrected chi connectivity index (χ1v) is 24.7. The van der Waals surface area contributed by atoms with Crippen molar-refractivity contribution < 1.29 is 63.1 Å². The molecule has 0 heterocycles. The van der Waals surface area contributed by atoms with Crippen molar-refractivity contribution in [1.82, 2.24) is 0 Å². The molecule has 14 heteroatoms. The van der Waals surface area contributed by atoms with E-state index in [1.165, 1.54) is 96.3 Å². The summed E-state index contributed by atoms with van der Waals surface area (Å²) in [5.41, 5.74) is 0. The van der Waals surface area contributed by atoms with Gasteiger partial charge in [-0.2, -0.15) is 0 Å². The van der Waals surface area contributed by atoms with Crippen LogP contribution in [0.3, 0.4) is 0 Å². The Morgan fingerprint density at radius 2 is 0.934 bits per heavy atom. The number of aliphatic hydroxyl groups excluding tert-OH is 5. The number of phosphoric ester groups is 1. The number of unbranched alkanes of at least 4 members (excludes halogenated alkanes) is 19. The highest BCUT2D eigenvalue weighted by atomic mass is 31.2. The number of aliphatic hydroxyl groups is 5. The smallest absolute Gasteiger partial charge is 0.462 e. The fourth-order valence-corrected chi connectivity index (χ4v) is 7.76. The number of allylic oxidation sites excluding steroid dienone is 10. The Hall–Kier alpha value is -2.45. The molecule has 0 radical (unpaired) electrons. The minimum atomic E-state index is -5.14. The SMILES string of the molecule is CC/C=C/C=C/C=C/C=C/C=C/CCCC(=O)OC(COC(=O)CCCCCCCCCCCCCCCCCCCCC)COP(=O)(O)OC1C(O)C(O)C(O)[C@H](O)C1O. The third kappa shape index (κ3) is 29.5. The second-order valence-corrected chi connectivity index (χ2v) is 17.4. The highest BCUT2D eigenvalue weighted by Gasteiger charge is 2.51. The lowest BCUT2D eigenvalue weighted by Gasteiger charge is -2.41. The van der Waals surface area contributed by atoms with Crippen molar-refractivity contribution in [2.24, 2.45) is 0 Å². The van der Waals surface area contributed by atoms with Crippen molar-refractivity contribution in [2.75, 3.05) is 13.2 Å². The average Bonchev–Trinajstić information content (AvgIpc) is 3.24. The number of ether oxygens (including phenoxy) is 2. The van der Waals surface area contributed by atoms with E-state index in [1.807, 2.05) is 54.7 Å². The number of hydrogen-bond acceptors (Lipinski definition) is 12. The fraction of sp³-hybridized carbons (Fsp3) is 0.745. The van der Waals surface area contributed by atoms with Crippen LogP contribution in [0.4, 0.5) is 0 Å². The molecule has 61 heavy (non-hydrogen) atoms. The zero-order chi connectivity index (χ0) is 45.0. The topological polar surface area (TPSA) is 210 Å². The van der Waals surface area contributed by atoms with E-state index < -0.39 is 75.7 Å². The number of phosphoric acid groups is 1. The molecule has 8 atom stereocenters. The summed E-state index contributed by atoms with van der Waals surface area (Å²) in [6, 6.07) is 0. The number of carbonyl (C=O) groups is 2. The van der Waals surface area contributed by atoms with E-state index in [9.17, 15) is 44.6 Å². The molecule has 1 saturated carbocycles. The Labute approximate surface area is 366 Å². The largest absolute Gasteiger partial charge is 0.472 e. The molecule has 0 bridgehead atoms. The lowest BCUT2D eigenvalue weighted by molar-refractivity contribution is -0.220. The van der Waals surface area contributed by atoms with E-state index in [4.69, 9.17) is 18.5 Å². The van der Waals surface area contributed by atoms with Gasteiger partial charge in [0.1, 0.15) is 43.2 Å². The predicted molar refractivity (Wildman–Crippen MR) is 239 cm³/mol. The van der Waals surface area contributed by atoms with E-state index in [-0.39, 0.29) is 12.8 Å². The van der Waals surface area contributed by atoms with Crippen LogP contribution in [0.1, 0.15) is 168 Å². The first-order chi connectivity index (χ1) is 29.4. The van der Waals surface area contributed by atoms with Crippen molar-refractivity contribution in [2.45, 2.75) is 211 Å². The van der Waals surface area contributed by atoms with Gasteiger partial charge in [0, 0.05) is 12.8 Å². The maximum atomic E-state index is 12.8. The molecule has 6 N–H and O–H groups in total. The van der Waals surface area contributed by atoms with Crippen LogP contribution in [0, 0.1) is 0 Å². The van der Waals surface area contributed by atoms with Crippen molar-refractivity contribution in [3.05, 3.63) is 60.8 Å². The Bertz CT molecular complexity index is 1300. The molecule has 1 fully saturated rings. The molecular formula is C47H81O13P. The molecule has 0 aromatic rings. The van der Waals surface area contributed by atoms with Crippen LogP contribution in [-0.2, 0) is 32.7 Å². The average molecular weight is 885 g/mol. The first-order valence-electron chi connectivity index (χ1n) is 23.2. The van der Waals surface area contributed by atoms with Crippen LogP contribution in [-0.4, -0.2) is 98.3 Å². The maximum absolute atomic E-state index is 12.8. The van der Waals surface area contributed by atoms with Gasteiger partial charge in [-0.05, 0) is 25.7 Å². The van der Waals surface area contributed by atoms with Gasteiger partial charge in [-0.3, -0.25) is 18.6 Å². The van der Waals surface area contributed by atoms with Crippen LogP contribution in [0.2, 0.25) is 0 Å². The molecule has 0 saturated heterocycles. The van der Waals surface area contributed by atoms with Gasteiger partial charge in [-0.1, -0.05) is 190 Å². The predicted octanol–water partition coefficient (Wildman–Crippen LogP) is 8.94. The number of esters is 2. The highest BCUT2D eigenvalue weighted by Crippen LogP contribution is 2.47. The zero-order valence-electron chi connectivity index (χ0n) is 37.2. The summed E-state index contributed by atoms with van der Waals surface area (Å²) in [6.45, 7) is 3.09. The van der Waals surface area contributed by atoms with Crippen LogP contribution < -0.4 is 0 Å². The van der Waals surface area contributed by atoms with Gasteiger partial charge >= 0.3 is 19.8 Å². The van der Waals surface area contributed by atoms with E-state index in [2.05, 4.69) is 19.9 Å². The summed E-state index contributed by atoms with van der Waals surface area (Å²) >= 11 is 0. The number of hydrogen-bond donors (Lipinski definition) is 6. The monoisotopic (exact) mass is 885 g/mol. The number of rotatable bonds is 37. The van der Waals surface area contributed by atoms with Crippen LogP contribution >= 0.6 is 7.82 Å². The molecule has 0 aromatic heterocycles. The minimum absolute atomic E-state index is 0.000316. The standard InChI is InChI=1S/C47H81O13P/c1-3-5-7-9-11-13-15-17-18-19-20-21-22-24-25-27-29-31-33-35-40(48)57-37-39(38-58-61(55,56)60-47-45(53)43(51)42(50)44(52)46(47)54)59-41(49)36-34-32-30-28-26-23-16-14-12-10-8-6-4-2/h6,8,10,12,14,16,23,26,28,30,39,42-47,50-54H,3-5,7,9,11,13,15,17-22,24-25,27,29,31-38H2,1-2H3,(H,55,56)/b8-6+,12-10+,16-14+,26-23+,30-28+/t39?,42?,43-,44?,45?,46?,47?/m0/s1. The van der Waals surface area contributed by atoms with Gasteiger partial charge in [0.15, 0.2) is 6.10 Å². The van der Waals surface area contributed by atoms with E-state index >= 15 is 0 Å². The second-order valence-electron chi connectivity index (χ2n) is 16.0. The normalized spacial score (nSPS) is 22.6. The maximum Gasteiger partial charge on any atom is 0.472 e. The van der Waals surface area contributed by atoms with Gasteiger partial charge in [0.05, 0.1) is 6.61 Å². The summed E-state index contributed by atoms with van der Waals surface area (Å²) in [5, 5.41) is 50.1. The highest BCUT2D eigenvalue weighted by molar-refractivity contribution is 7.47. The van der Waals surface area contributed by atoms with Gasteiger partial charge in [0.2, 0.25) is 0 Å². The number of carbonyl (C=O) groups excluding carboxylic acids is 2. The Morgan fingerprint density at radius 1 is 0.525 bits per heavy atom. The molecule has 13 nitrogen and oxygen atoms in total. The Balaban J connectivity index is 2.46. The quantitative estimate of drug-likeness (QED) is 0.0149. The third-order valence-electron chi connectivity index (χ3n) is 10.5. The second kappa shape index (κ2) is 37.0. The van der Waals surface area contributed by atoms with Gasteiger partial charge < -0.3 is 39.9 Å². The van der Waals surface area contributed by atoms with E-state index in [0.717, 1.165) is 25.7 Å². The summed E-state index contributed by atoms with van der Waals surface area (Å²) in [7, 11) is -5.14. The Morgan fingerprint density at radius 3 is 1.41 bits per heavy atom. The van der Waals surface area contributed by atoms with Gasteiger partial charge in [-0.15, -0.1) is 0 Å². The molecule has 0 spiro atoms. The van der Waals surface area contributed by atoms with Crippen molar-refractivity contribution in [3.8, 4) is 0 Å². The van der Waals surface area contributed by atoms with Gasteiger partial charge in [-0.25, -0.2) is 4.57 Å². The summed E-state index contributed by atoms with van der Waals surface area (Å²) in [4.78, 5) is 35.6. The minimum Gasteiger partial charge on any atom is -0.462 e. The molecule has 7 unspecified atom stereocenters. The lowest BCUT2D eigenvalue weighted by atomic mass is 9.85. The van der Waals surface area contributed by atoms with Crippen molar-refractivity contribution >= 4 is 19.8 Å². The third-order valence-corrected chi connectivity index (χ3v) is 11.5. The Kier molecular flexibility index (Phi) is 34.3. The molecule has 1 aliphatic rings. The molecule has 0 aliphatic heterocycles. The summed E-state index contributed by atoms with van der Waals surface area (Å²) < 4.78 is 33.4. The lowest BCUT2D eigenvalue weighted by Crippen LogP contribution is -2.64. The van der Waals surface area contributed by atoms with Crippen LogP contribution in [0.25, 0.3) is 0 Å². The van der Waals surface area contributed by atoms with Gasteiger partial charge in [0.25, 0.3) is 0 Å². The van der Waals surface area contributed by atoms with E-state index in [1.54, 1.807) is 0 Å². The summed E-state index contributed by atoms with van der Waals surface area (Å²) in [5.74, 6) is -1.19. The molecule has 0 aromatic carbocycles. The fourth-order valence-electron chi connectivity index (χ4n) is 6.79. The molecule has 1 rings (SSSR count).